The Kier molecular flexibility index (Phi) is 5.87. The fourth-order valence-electron chi connectivity index (χ4n) is 2.26. The highest BCUT2D eigenvalue weighted by molar-refractivity contribution is 7.13. The zero-order chi connectivity index (χ0) is 16.8. The van der Waals surface area contributed by atoms with Crippen LogP contribution in [0.1, 0.15) is 23.7 Å². The highest BCUT2D eigenvalue weighted by Gasteiger charge is 2.26. The molecule has 0 atom stereocenters. The van der Waals surface area contributed by atoms with Gasteiger partial charge < -0.3 is 18.9 Å². The third-order valence-electron chi connectivity index (χ3n) is 3.25. The number of hydrogen-bond acceptors (Lipinski definition) is 6. The summed E-state index contributed by atoms with van der Waals surface area (Å²) >= 11 is 1.51. The summed E-state index contributed by atoms with van der Waals surface area (Å²) in [5.74, 6) is 0.922. The smallest absolute Gasteiger partial charge is 0.339 e. The number of rotatable bonds is 7. The van der Waals surface area contributed by atoms with Crippen molar-refractivity contribution in [3.05, 3.63) is 29.1 Å². The molecule has 0 bridgehead atoms. The lowest BCUT2D eigenvalue weighted by molar-refractivity contribution is 0.0505. The summed E-state index contributed by atoms with van der Waals surface area (Å²) in [6.07, 6.45) is 0.754. The van der Waals surface area contributed by atoms with Crippen molar-refractivity contribution in [3.63, 3.8) is 0 Å². The number of ether oxygens (including phenoxy) is 4. The van der Waals surface area contributed by atoms with Crippen LogP contribution in [0, 0.1) is 0 Å². The minimum absolute atomic E-state index is 0.360. The molecule has 0 saturated heterocycles. The molecular formula is C17H20O5S. The predicted octanol–water partition coefficient (Wildman–Crippen LogP) is 4.01. The normalized spacial score (nSPS) is 10.3. The van der Waals surface area contributed by atoms with Crippen LogP contribution in [0.2, 0.25) is 0 Å². The van der Waals surface area contributed by atoms with Gasteiger partial charge in [0.1, 0.15) is 0 Å². The van der Waals surface area contributed by atoms with Crippen molar-refractivity contribution in [2.24, 2.45) is 0 Å². The van der Waals surface area contributed by atoms with E-state index in [1.807, 2.05) is 24.4 Å². The molecule has 1 aromatic heterocycles. The van der Waals surface area contributed by atoms with Gasteiger partial charge in [-0.05, 0) is 23.9 Å². The van der Waals surface area contributed by atoms with Gasteiger partial charge in [-0.1, -0.05) is 13.0 Å². The number of hydrogen-bond donors (Lipinski definition) is 0. The van der Waals surface area contributed by atoms with Crippen LogP contribution in [0.15, 0.2) is 23.6 Å². The minimum Gasteiger partial charge on any atom is -0.493 e. The maximum absolute atomic E-state index is 12.5. The molecule has 0 spiro atoms. The fourth-order valence-corrected chi connectivity index (χ4v) is 3.04. The average molecular weight is 336 g/mol. The van der Waals surface area contributed by atoms with Gasteiger partial charge in [-0.25, -0.2) is 4.79 Å². The fraction of sp³-hybridized carbons (Fsp3) is 0.353. The molecule has 0 aliphatic heterocycles. The Morgan fingerprint density at radius 1 is 1.13 bits per heavy atom. The Labute approximate surface area is 139 Å². The van der Waals surface area contributed by atoms with Gasteiger partial charge in [-0.2, -0.15) is 0 Å². The first-order valence-corrected chi connectivity index (χ1v) is 8.09. The number of carbonyl (C=O) groups is 1. The van der Waals surface area contributed by atoms with E-state index < -0.39 is 5.97 Å². The number of methoxy groups -OCH3 is 3. The van der Waals surface area contributed by atoms with E-state index in [2.05, 4.69) is 0 Å². The Morgan fingerprint density at radius 2 is 1.87 bits per heavy atom. The first kappa shape index (κ1) is 17.1. The molecule has 0 N–H and O–H groups in total. The monoisotopic (exact) mass is 336 g/mol. The zero-order valence-corrected chi connectivity index (χ0v) is 14.5. The second kappa shape index (κ2) is 7.87. The molecule has 0 saturated carbocycles. The lowest BCUT2D eigenvalue weighted by Crippen LogP contribution is -2.09. The van der Waals surface area contributed by atoms with Gasteiger partial charge in [-0.3, -0.25) is 0 Å². The van der Waals surface area contributed by atoms with E-state index in [9.17, 15) is 4.79 Å². The molecule has 0 fully saturated rings. The molecule has 1 aromatic carbocycles. The van der Waals surface area contributed by atoms with E-state index in [1.165, 1.54) is 32.7 Å². The van der Waals surface area contributed by atoms with E-state index in [-0.39, 0.29) is 0 Å². The lowest BCUT2D eigenvalue weighted by atomic mass is 10.0. The molecule has 23 heavy (non-hydrogen) atoms. The van der Waals surface area contributed by atoms with Gasteiger partial charge in [0.05, 0.1) is 39.1 Å². The second-order valence-electron chi connectivity index (χ2n) is 4.68. The molecular weight excluding hydrogens is 316 g/mol. The highest BCUT2D eigenvalue weighted by atomic mass is 32.1. The predicted molar refractivity (Wildman–Crippen MR) is 90.0 cm³/mol. The van der Waals surface area contributed by atoms with Gasteiger partial charge in [-0.15, -0.1) is 11.3 Å². The molecule has 124 valence electrons. The van der Waals surface area contributed by atoms with Crippen molar-refractivity contribution in [3.8, 4) is 27.7 Å². The summed E-state index contributed by atoms with van der Waals surface area (Å²) in [5, 5.41) is 1.94. The number of esters is 1. The van der Waals surface area contributed by atoms with Gasteiger partial charge >= 0.3 is 5.97 Å². The third kappa shape index (κ3) is 3.42. The van der Waals surface area contributed by atoms with Crippen LogP contribution < -0.4 is 14.2 Å². The van der Waals surface area contributed by atoms with Crippen LogP contribution in [-0.2, 0) is 4.74 Å². The molecule has 6 heteroatoms. The Morgan fingerprint density at radius 3 is 2.39 bits per heavy atom. The van der Waals surface area contributed by atoms with Crippen LogP contribution in [0.25, 0.3) is 10.4 Å². The van der Waals surface area contributed by atoms with E-state index in [0.717, 1.165) is 11.3 Å². The van der Waals surface area contributed by atoms with Crippen LogP contribution in [0.5, 0.6) is 17.2 Å². The quantitative estimate of drug-likeness (QED) is 0.715. The molecule has 0 unspecified atom stereocenters. The number of carbonyl (C=O) groups excluding carboxylic acids is 1. The molecule has 1 heterocycles. The summed E-state index contributed by atoms with van der Waals surface area (Å²) in [6, 6.07) is 5.47. The molecule has 5 nitrogen and oxygen atoms in total. The van der Waals surface area contributed by atoms with Gasteiger partial charge in [0.15, 0.2) is 11.5 Å². The van der Waals surface area contributed by atoms with E-state index in [1.54, 1.807) is 6.07 Å². The third-order valence-corrected chi connectivity index (χ3v) is 4.14. The summed E-state index contributed by atoms with van der Waals surface area (Å²) < 4.78 is 21.6. The zero-order valence-electron chi connectivity index (χ0n) is 13.7. The van der Waals surface area contributed by atoms with Gasteiger partial charge in [0, 0.05) is 4.88 Å². The first-order chi connectivity index (χ1) is 11.2. The summed E-state index contributed by atoms with van der Waals surface area (Å²) in [6.45, 7) is 2.31. The average Bonchev–Trinajstić information content (AvgIpc) is 3.11. The van der Waals surface area contributed by atoms with Crippen LogP contribution >= 0.6 is 11.3 Å². The summed E-state index contributed by atoms with van der Waals surface area (Å²) in [4.78, 5) is 13.4. The van der Waals surface area contributed by atoms with Crippen LogP contribution in [0.3, 0.4) is 0 Å². The highest BCUT2D eigenvalue weighted by Crippen LogP contribution is 2.48. The van der Waals surface area contributed by atoms with Crippen molar-refractivity contribution in [1.82, 2.24) is 0 Å². The minimum atomic E-state index is -0.408. The maximum Gasteiger partial charge on any atom is 0.339 e. The largest absolute Gasteiger partial charge is 0.493 e. The van der Waals surface area contributed by atoms with E-state index in [4.69, 9.17) is 18.9 Å². The molecule has 2 aromatic rings. The van der Waals surface area contributed by atoms with E-state index >= 15 is 0 Å². The van der Waals surface area contributed by atoms with Crippen molar-refractivity contribution in [1.29, 1.82) is 0 Å². The Bertz CT molecular complexity index is 664. The van der Waals surface area contributed by atoms with Crippen LogP contribution in [-0.4, -0.2) is 33.9 Å². The number of thiophene rings is 1. The summed E-state index contributed by atoms with van der Waals surface area (Å²) in [5.41, 5.74) is 1.05. The van der Waals surface area contributed by atoms with Gasteiger partial charge in [0.2, 0.25) is 5.75 Å². The van der Waals surface area contributed by atoms with Gasteiger partial charge in [0.25, 0.3) is 0 Å². The second-order valence-corrected chi connectivity index (χ2v) is 5.63. The molecule has 0 aliphatic carbocycles. The van der Waals surface area contributed by atoms with Crippen molar-refractivity contribution >= 4 is 17.3 Å². The van der Waals surface area contributed by atoms with Crippen molar-refractivity contribution in [2.75, 3.05) is 27.9 Å². The Balaban J connectivity index is 2.70. The standard InChI is InChI=1S/C17H20O5S/c1-5-8-22-17(18)11-10-12(19-2)15(20-3)16(21-4)14(11)13-7-6-9-23-13/h6-7,9-10H,5,8H2,1-4H3. The SMILES string of the molecule is CCCOC(=O)c1cc(OC)c(OC)c(OC)c1-c1cccs1. The molecule has 0 radical (unpaired) electrons. The van der Waals surface area contributed by atoms with Crippen LogP contribution in [0.4, 0.5) is 0 Å². The lowest BCUT2D eigenvalue weighted by Gasteiger charge is -2.18. The first-order valence-electron chi connectivity index (χ1n) is 7.21. The summed E-state index contributed by atoms with van der Waals surface area (Å²) in [7, 11) is 4.59. The topological polar surface area (TPSA) is 54.0 Å². The Hall–Kier alpha value is -2.21. The van der Waals surface area contributed by atoms with Crippen molar-refractivity contribution in [2.45, 2.75) is 13.3 Å². The van der Waals surface area contributed by atoms with Crippen molar-refractivity contribution < 1.29 is 23.7 Å². The maximum atomic E-state index is 12.5. The molecule has 2 rings (SSSR count). The van der Waals surface area contributed by atoms with E-state index in [0.29, 0.717) is 35.0 Å². The molecule has 0 amide bonds. The number of benzene rings is 1. The molecule has 0 aliphatic rings.